The fraction of sp³-hybridized carbons (Fsp3) is 0.778. The Balaban J connectivity index is 2.62. The van der Waals surface area contributed by atoms with Gasteiger partial charge in [-0.2, -0.15) is 0 Å². The maximum atomic E-state index is 12.3. The normalized spacial score (nSPS) is 11.9. The van der Waals surface area contributed by atoms with Crippen molar-refractivity contribution in [3.8, 4) is 0 Å². The van der Waals surface area contributed by atoms with Gasteiger partial charge in [-0.15, -0.1) is 0 Å². The molecule has 0 saturated carbocycles. The molecule has 0 spiro atoms. The number of carbonyl (C=O) groups excluding carboxylic acids is 1. The first-order valence-corrected chi connectivity index (χ1v) is 8.92. The first-order chi connectivity index (χ1) is 11.0. The van der Waals surface area contributed by atoms with Crippen LogP contribution in [0.5, 0.6) is 0 Å². The number of rotatable bonds is 11. The summed E-state index contributed by atoms with van der Waals surface area (Å²) in [6.07, 6.45) is 5.25. The lowest BCUT2D eigenvalue weighted by Crippen LogP contribution is -2.44. The van der Waals surface area contributed by atoms with Crippen molar-refractivity contribution < 1.29 is 9.32 Å². The summed E-state index contributed by atoms with van der Waals surface area (Å²) >= 11 is 0. The summed E-state index contributed by atoms with van der Waals surface area (Å²) in [4.78, 5) is 14.6. The van der Waals surface area contributed by atoms with Crippen LogP contribution in [0.4, 0.5) is 0 Å². The van der Waals surface area contributed by atoms with Gasteiger partial charge in [0.2, 0.25) is 0 Å². The van der Waals surface area contributed by atoms with Crippen molar-refractivity contribution in [1.29, 1.82) is 0 Å². The largest absolute Gasteiger partial charge is 0.361 e. The van der Waals surface area contributed by atoms with Crippen LogP contribution in [0.25, 0.3) is 0 Å². The van der Waals surface area contributed by atoms with Gasteiger partial charge >= 0.3 is 0 Å². The van der Waals surface area contributed by atoms with Crippen LogP contribution >= 0.6 is 0 Å². The van der Waals surface area contributed by atoms with E-state index in [2.05, 4.69) is 43.2 Å². The van der Waals surface area contributed by atoms with Crippen molar-refractivity contribution in [3.05, 3.63) is 17.5 Å². The zero-order valence-electron chi connectivity index (χ0n) is 15.4. The van der Waals surface area contributed by atoms with E-state index in [1.807, 2.05) is 6.92 Å². The van der Waals surface area contributed by atoms with Crippen LogP contribution in [0, 0.1) is 5.41 Å². The quantitative estimate of drug-likeness (QED) is 0.677. The number of hydrogen-bond acceptors (Lipinski definition) is 4. The Labute approximate surface area is 140 Å². The lowest BCUT2D eigenvalue weighted by atomic mass is 9.81. The molecule has 1 rings (SSSR count). The van der Waals surface area contributed by atoms with Gasteiger partial charge < -0.3 is 14.7 Å². The van der Waals surface area contributed by atoms with E-state index >= 15 is 0 Å². The first kappa shape index (κ1) is 19.7. The van der Waals surface area contributed by atoms with E-state index in [-0.39, 0.29) is 11.3 Å². The Morgan fingerprint density at radius 3 is 2.52 bits per heavy atom. The monoisotopic (exact) mass is 323 g/mol. The number of unbranched alkanes of at least 4 members (excludes halogenated alkanes) is 1. The third-order valence-corrected chi connectivity index (χ3v) is 4.76. The van der Waals surface area contributed by atoms with E-state index in [0.717, 1.165) is 38.1 Å². The highest BCUT2D eigenvalue weighted by Crippen LogP contribution is 2.26. The summed E-state index contributed by atoms with van der Waals surface area (Å²) < 4.78 is 5.11. The molecule has 0 bridgehead atoms. The molecule has 0 aliphatic carbocycles. The van der Waals surface area contributed by atoms with Crippen molar-refractivity contribution in [3.63, 3.8) is 0 Å². The van der Waals surface area contributed by atoms with Gasteiger partial charge in [-0.3, -0.25) is 4.79 Å². The number of nitrogens with zero attached hydrogens (tertiary/aromatic N) is 2. The Bertz CT molecular complexity index is 467. The number of aromatic nitrogens is 1. The van der Waals surface area contributed by atoms with Gasteiger partial charge in [-0.25, -0.2) is 0 Å². The number of amides is 1. The molecule has 0 aliphatic heterocycles. The molecule has 1 heterocycles. The van der Waals surface area contributed by atoms with Crippen molar-refractivity contribution in [2.45, 2.75) is 59.8 Å². The molecule has 0 unspecified atom stereocenters. The Hall–Kier alpha value is -1.36. The minimum absolute atomic E-state index is 0.107. The lowest BCUT2D eigenvalue weighted by Gasteiger charge is -2.36. The number of carbonyl (C=O) groups is 1. The number of hydrogen-bond donors (Lipinski definition) is 1. The summed E-state index contributed by atoms with van der Waals surface area (Å²) in [7, 11) is 2.17. The maximum absolute atomic E-state index is 12.3. The number of nitrogens with one attached hydrogen (secondary N) is 1. The summed E-state index contributed by atoms with van der Waals surface area (Å²) in [5.41, 5.74) is 0.484. The standard InChI is InChI=1S/C18H33N3O2/c1-6-10-11-21(5)14-18(8-3,9-4)13-19-17(22)16-12-15(7-2)23-20-16/h12H,6-11,13-14H2,1-5H3,(H,19,22). The molecular weight excluding hydrogens is 290 g/mol. The van der Waals surface area contributed by atoms with Gasteiger partial charge in [0.25, 0.3) is 5.91 Å². The molecule has 0 fully saturated rings. The van der Waals surface area contributed by atoms with Crippen molar-refractivity contribution >= 4 is 5.91 Å². The molecule has 1 N–H and O–H groups in total. The van der Waals surface area contributed by atoms with Crippen LogP contribution in [-0.4, -0.2) is 42.6 Å². The van der Waals surface area contributed by atoms with Crippen molar-refractivity contribution in [2.75, 3.05) is 26.7 Å². The minimum atomic E-state index is -0.143. The highest BCUT2D eigenvalue weighted by atomic mass is 16.5. The molecule has 5 heteroatoms. The second kappa shape index (κ2) is 9.71. The van der Waals surface area contributed by atoms with Gasteiger partial charge in [0, 0.05) is 25.6 Å². The zero-order valence-corrected chi connectivity index (χ0v) is 15.4. The molecule has 0 aliphatic rings. The van der Waals surface area contributed by atoms with Crippen molar-refractivity contribution in [2.24, 2.45) is 5.41 Å². The molecule has 1 aromatic heterocycles. The fourth-order valence-corrected chi connectivity index (χ4v) is 2.80. The van der Waals surface area contributed by atoms with Crippen LogP contribution < -0.4 is 5.32 Å². The van der Waals surface area contributed by atoms with Gasteiger partial charge in [0.1, 0.15) is 5.76 Å². The minimum Gasteiger partial charge on any atom is -0.361 e. The van der Waals surface area contributed by atoms with Crippen LogP contribution in [-0.2, 0) is 6.42 Å². The predicted octanol–water partition coefficient (Wildman–Crippen LogP) is 3.51. The summed E-state index contributed by atoms with van der Waals surface area (Å²) in [5, 5.41) is 6.90. The first-order valence-electron chi connectivity index (χ1n) is 8.92. The smallest absolute Gasteiger partial charge is 0.273 e. The predicted molar refractivity (Wildman–Crippen MR) is 93.6 cm³/mol. The molecule has 5 nitrogen and oxygen atoms in total. The van der Waals surface area contributed by atoms with E-state index in [0.29, 0.717) is 12.2 Å². The van der Waals surface area contributed by atoms with Crippen molar-refractivity contribution in [1.82, 2.24) is 15.4 Å². The molecule has 0 radical (unpaired) electrons. The van der Waals surface area contributed by atoms with E-state index in [9.17, 15) is 4.79 Å². The molecule has 1 amide bonds. The summed E-state index contributed by atoms with van der Waals surface area (Å²) in [6, 6.07) is 1.72. The second-order valence-electron chi connectivity index (χ2n) is 6.51. The Kier molecular flexibility index (Phi) is 8.31. The third-order valence-electron chi connectivity index (χ3n) is 4.76. The van der Waals surface area contributed by atoms with Gasteiger partial charge in [-0.05, 0) is 38.3 Å². The molecule has 1 aromatic rings. The Morgan fingerprint density at radius 1 is 1.30 bits per heavy atom. The highest BCUT2D eigenvalue weighted by Gasteiger charge is 2.28. The second-order valence-corrected chi connectivity index (χ2v) is 6.51. The molecule has 0 saturated heterocycles. The fourth-order valence-electron chi connectivity index (χ4n) is 2.80. The molecule has 23 heavy (non-hydrogen) atoms. The van der Waals surface area contributed by atoms with Crippen LogP contribution in [0.15, 0.2) is 10.6 Å². The van der Waals surface area contributed by atoms with Gasteiger partial charge in [-0.1, -0.05) is 39.3 Å². The van der Waals surface area contributed by atoms with E-state index in [4.69, 9.17) is 4.52 Å². The zero-order chi connectivity index (χ0) is 17.3. The molecule has 0 atom stereocenters. The van der Waals surface area contributed by atoms with Gasteiger partial charge in [0.05, 0.1) is 0 Å². The number of aryl methyl sites for hydroxylation is 1. The van der Waals surface area contributed by atoms with Gasteiger partial charge in [0.15, 0.2) is 5.69 Å². The summed E-state index contributed by atoms with van der Waals surface area (Å²) in [6.45, 7) is 11.4. The van der Waals surface area contributed by atoms with Crippen LogP contribution in [0.1, 0.15) is 69.6 Å². The molecular formula is C18H33N3O2. The van der Waals surface area contributed by atoms with Crippen LogP contribution in [0.2, 0.25) is 0 Å². The average molecular weight is 323 g/mol. The molecule has 132 valence electrons. The van der Waals surface area contributed by atoms with E-state index < -0.39 is 0 Å². The summed E-state index contributed by atoms with van der Waals surface area (Å²) in [5.74, 6) is 0.600. The highest BCUT2D eigenvalue weighted by molar-refractivity contribution is 5.92. The lowest BCUT2D eigenvalue weighted by molar-refractivity contribution is 0.0892. The maximum Gasteiger partial charge on any atom is 0.273 e. The SMILES string of the molecule is CCCCN(C)CC(CC)(CC)CNC(=O)c1cc(CC)on1. The molecule has 0 aromatic carbocycles. The van der Waals surface area contributed by atoms with Crippen LogP contribution in [0.3, 0.4) is 0 Å². The third kappa shape index (κ3) is 5.98. The average Bonchev–Trinajstić information content (AvgIpc) is 3.05. The Morgan fingerprint density at radius 2 is 2.00 bits per heavy atom. The van der Waals surface area contributed by atoms with E-state index in [1.54, 1.807) is 6.07 Å². The topological polar surface area (TPSA) is 58.4 Å². The van der Waals surface area contributed by atoms with E-state index in [1.165, 1.54) is 12.8 Å².